The van der Waals surface area contributed by atoms with E-state index in [1.807, 2.05) is 23.1 Å². The zero-order chi connectivity index (χ0) is 25.1. The van der Waals surface area contributed by atoms with E-state index in [2.05, 4.69) is 20.2 Å². The van der Waals surface area contributed by atoms with Crippen molar-refractivity contribution in [2.45, 2.75) is 18.9 Å². The Hall–Kier alpha value is -4.24. The molecule has 8 nitrogen and oxygen atoms in total. The molecule has 1 aliphatic rings. The molecular weight excluding hydrogens is 459 g/mol. The first-order valence-corrected chi connectivity index (χ1v) is 11.8. The standard InChI is InChI=1S/C27H25FN6O2/c28-22-6-2-1-5-20(22)25(26(29)35)34-13-3-4-17(16-34)15-31-27(36)19-7-8-23-21(14-19)24(33-32-23)18-9-11-30-12-10-18/h1-2,5-12,14-15,17,25H,3-4,13,16H2,(H2,29,35)(H,32,33). The van der Waals surface area contributed by atoms with Crippen LogP contribution >= 0.6 is 0 Å². The highest BCUT2D eigenvalue weighted by Crippen LogP contribution is 2.29. The minimum Gasteiger partial charge on any atom is -0.368 e. The van der Waals surface area contributed by atoms with E-state index in [1.54, 1.807) is 48.9 Å². The molecule has 5 rings (SSSR count). The number of nitrogens with one attached hydrogen (secondary N) is 1. The monoisotopic (exact) mass is 484 g/mol. The van der Waals surface area contributed by atoms with Crippen LogP contribution in [0.5, 0.6) is 0 Å². The summed E-state index contributed by atoms with van der Waals surface area (Å²) in [6.45, 7) is 1.06. The van der Waals surface area contributed by atoms with Crippen LogP contribution < -0.4 is 5.73 Å². The predicted octanol–water partition coefficient (Wildman–Crippen LogP) is 3.91. The molecule has 4 aromatic rings. The van der Waals surface area contributed by atoms with Gasteiger partial charge in [0.2, 0.25) is 5.91 Å². The number of rotatable bonds is 6. The minimum absolute atomic E-state index is 0.0682. The molecule has 2 atom stereocenters. The van der Waals surface area contributed by atoms with Crippen LogP contribution in [0.3, 0.4) is 0 Å². The van der Waals surface area contributed by atoms with Gasteiger partial charge in [0.15, 0.2) is 0 Å². The van der Waals surface area contributed by atoms with Gasteiger partial charge < -0.3 is 5.73 Å². The third-order valence-corrected chi connectivity index (χ3v) is 6.49. The molecule has 0 spiro atoms. The number of fused-ring (bicyclic) bond motifs is 1. The summed E-state index contributed by atoms with van der Waals surface area (Å²) in [5, 5.41) is 8.19. The molecule has 0 aliphatic carbocycles. The van der Waals surface area contributed by atoms with E-state index in [0.29, 0.717) is 18.7 Å². The van der Waals surface area contributed by atoms with Crippen molar-refractivity contribution in [1.29, 1.82) is 0 Å². The number of hydrogen-bond acceptors (Lipinski definition) is 5. The number of aliphatic imine (C=N–C) groups is 1. The summed E-state index contributed by atoms with van der Waals surface area (Å²) in [6, 6.07) is 14.3. The Morgan fingerprint density at radius 1 is 1.17 bits per heavy atom. The molecule has 0 saturated carbocycles. The highest BCUT2D eigenvalue weighted by atomic mass is 19.1. The molecule has 9 heteroatoms. The highest BCUT2D eigenvalue weighted by molar-refractivity contribution is 6.04. The van der Waals surface area contributed by atoms with Crippen LogP contribution in [-0.4, -0.2) is 51.2 Å². The Morgan fingerprint density at radius 3 is 2.75 bits per heavy atom. The third kappa shape index (κ3) is 4.78. The molecule has 182 valence electrons. The fourth-order valence-corrected chi connectivity index (χ4v) is 4.75. The average Bonchev–Trinajstić information content (AvgIpc) is 3.32. The predicted molar refractivity (Wildman–Crippen MR) is 135 cm³/mol. The second-order valence-electron chi connectivity index (χ2n) is 8.88. The van der Waals surface area contributed by atoms with E-state index in [4.69, 9.17) is 5.73 Å². The van der Waals surface area contributed by atoms with Crippen molar-refractivity contribution in [3.05, 3.63) is 83.9 Å². The third-order valence-electron chi connectivity index (χ3n) is 6.49. The van der Waals surface area contributed by atoms with Gasteiger partial charge in [-0.2, -0.15) is 5.10 Å². The summed E-state index contributed by atoms with van der Waals surface area (Å²) >= 11 is 0. The molecule has 36 heavy (non-hydrogen) atoms. The van der Waals surface area contributed by atoms with Gasteiger partial charge in [-0.15, -0.1) is 0 Å². The van der Waals surface area contributed by atoms with Crippen molar-refractivity contribution in [2.24, 2.45) is 16.6 Å². The largest absolute Gasteiger partial charge is 0.368 e. The number of pyridine rings is 1. The maximum absolute atomic E-state index is 14.4. The van der Waals surface area contributed by atoms with Gasteiger partial charge in [-0.1, -0.05) is 18.2 Å². The van der Waals surface area contributed by atoms with Crippen molar-refractivity contribution < 1.29 is 14.0 Å². The quantitative estimate of drug-likeness (QED) is 0.403. The Morgan fingerprint density at radius 2 is 1.97 bits per heavy atom. The first-order chi connectivity index (χ1) is 17.5. The zero-order valence-electron chi connectivity index (χ0n) is 19.5. The zero-order valence-corrected chi connectivity index (χ0v) is 19.5. The number of halogens is 1. The van der Waals surface area contributed by atoms with E-state index < -0.39 is 17.8 Å². The molecule has 2 aromatic heterocycles. The topological polar surface area (TPSA) is 117 Å². The highest BCUT2D eigenvalue weighted by Gasteiger charge is 2.31. The van der Waals surface area contributed by atoms with E-state index in [-0.39, 0.29) is 17.4 Å². The lowest BCUT2D eigenvalue weighted by Gasteiger charge is -2.36. The van der Waals surface area contributed by atoms with Gasteiger partial charge in [0, 0.05) is 53.1 Å². The van der Waals surface area contributed by atoms with E-state index in [9.17, 15) is 14.0 Å². The van der Waals surface area contributed by atoms with E-state index >= 15 is 0 Å². The second kappa shape index (κ2) is 10.2. The van der Waals surface area contributed by atoms with Gasteiger partial charge in [-0.05, 0) is 55.8 Å². The smallest absolute Gasteiger partial charge is 0.276 e. The van der Waals surface area contributed by atoms with Crippen molar-refractivity contribution in [1.82, 2.24) is 20.1 Å². The molecular formula is C27H25FN6O2. The second-order valence-corrected chi connectivity index (χ2v) is 8.88. The van der Waals surface area contributed by atoms with E-state index in [1.165, 1.54) is 6.07 Å². The number of aromatic amines is 1. The summed E-state index contributed by atoms with van der Waals surface area (Å²) in [5.74, 6) is -1.50. The summed E-state index contributed by atoms with van der Waals surface area (Å²) in [6.07, 6.45) is 6.61. The van der Waals surface area contributed by atoms with Crippen LogP contribution in [0.2, 0.25) is 0 Å². The van der Waals surface area contributed by atoms with Gasteiger partial charge >= 0.3 is 0 Å². The lowest BCUT2D eigenvalue weighted by Crippen LogP contribution is -2.44. The molecule has 0 bridgehead atoms. The summed E-state index contributed by atoms with van der Waals surface area (Å²) in [7, 11) is 0. The van der Waals surface area contributed by atoms with Crippen molar-refractivity contribution in [3.8, 4) is 11.3 Å². The number of benzene rings is 2. The molecule has 1 saturated heterocycles. The number of likely N-dealkylation sites (tertiary alicyclic amines) is 1. The number of nitrogens with zero attached hydrogens (tertiary/aromatic N) is 4. The van der Waals surface area contributed by atoms with Gasteiger partial charge in [-0.3, -0.25) is 24.6 Å². The first-order valence-electron chi connectivity index (χ1n) is 11.8. The molecule has 0 radical (unpaired) electrons. The summed E-state index contributed by atoms with van der Waals surface area (Å²) < 4.78 is 14.4. The maximum atomic E-state index is 14.4. The lowest BCUT2D eigenvalue weighted by atomic mass is 9.95. The minimum atomic E-state index is -0.867. The maximum Gasteiger partial charge on any atom is 0.276 e. The van der Waals surface area contributed by atoms with Crippen molar-refractivity contribution >= 4 is 28.9 Å². The van der Waals surface area contributed by atoms with Crippen LogP contribution in [0.1, 0.15) is 34.8 Å². The number of carbonyl (C=O) groups excluding carboxylic acids is 2. The van der Waals surface area contributed by atoms with Gasteiger partial charge in [0.05, 0.1) is 5.52 Å². The molecule has 2 unspecified atom stereocenters. The molecule has 2 amide bonds. The Kier molecular flexibility index (Phi) is 6.64. The molecule has 2 aromatic carbocycles. The van der Waals surface area contributed by atoms with Crippen LogP contribution in [-0.2, 0) is 4.79 Å². The van der Waals surface area contributed by atoms with Gasteiger partial charge in [0.1, 0.15) is 17.6 Å². The van der Waals surface area contributed by atoms with Crippen molar-refractivity contribution in [2.75, 3.05) is 13.1 Å². The molecule has 3 N–H and O–H groups in total. The van der Waals surface area contributed by atoms with E-state index in [0.717, 1.165) is 35.0 Å². The number of hydrogen-bond donors (Lipinski definition) is 2. The van der Waals surface area contributed by atoms with Crippen LogP contribution in [0.15, 0.2) is 72.0 Å². The number of H-pyrrole nitrogens is 1. The molecule has 3 heterocycles. The summed E-state index contributed by atoms with van der Waals surface area (Å²) in [5.41, 5.74) is 8.81. The number of nitrogens with two attached hydrogens (primary N) is 1. The SMILES string of the molecule is NC(=O)C(c1ccccc1F)N1CCCC(C=NC(=O)c2ccc3[nH]nc(-c4ccncc4)c3c2)C1. The summed E-state index contributed by atoms with van der Waals surface area (Å²) in [4.78, 5) is 35.3. The van der Waals surface area contributed by atoms with Crippen molar-refractivity contribution in [3.63, 3.8) is 0 Å². The first kappa shape index (κ1) is 23.5. The number of carbonyl (C=O) groups is 2. The number of piperidine rings is 1. The fourth-order valence-electron chi connectivity index (χ4n) is 4.75. The normalized spacial score (nSPS) is 17.4. The van der Waals surface area contributed by atoms with Crippen LogP contribution in [0, 0.1) is 11.7 Å². The van der Waals surface area contributed by atoms with Crippen LogP contribution in [0.25, 0.3) is 22.2 Å². The fraction of sp³-hybridized carbons (Fsp3) is 0.222. The molecule has 1 aliphatic heterocycles. The Labute approximate surface area is 207 Å². The van der Waals surface area contributed by atoms with Gasteiger partial charge in [0.25, 0.3) is 5.91 Å². The lowest BCUT2D eigenvalue weighted by molar-refractivity contribution is -0.124. The molecule has 1 fully saturated rings. The number of primary amides is 1. The van der Waals surface area contributed by atoms with Crippen LogP contribution in [0.4, 0.5) is 4.39 Å². The number of amides is 2. The van der Waals surface area contributed by atoms with Gasteiger partial charge in [-0.25, -0.2) is 9.38 Å². The average molecular weight is 485 g/mol. The Balaban J connectivity index is 1.33. The Bertz CT molecular complexity index is 1430. The number of aromatic nitrogens is 3.